The van der Waals surface area contributed by atoms with Crippen molar-refractivity contribution in [3.8, 4) is 0 Å². The molecule has 0 rings (SSSR count). The van der Waals surface area contributed by atoms with Crippen LogP contribution in [0.2, 0.25) is 0 Å². The number of aliphatic hydroxyl groups excluding tert-OH is 1. The van der Waals surface area contributed by atoms with Crippen LogP contribution in [-0.2, 0) is 9.59 Å². The predicted molar refractivity (Wildman–Crippen MR) is 55.3 cm³/mol. The van der Waals surface area contributed by atoms with Crippen molar-refractivity contribution in [3.63, 3.8) is 0 Å². The number of carboxylic acid groups (broad SMARTS) is 1. The SMILES string of the molecule is CC(O)CCNC(=O)CC(C)(C)C(=O)O. The molecule has 5 nitrogen and oxygen atoms in total. The Labute approximate surface area is 89.5 Å². The van der Waals surface area contributed by atoms with Gasteiger partial charge in [0.2, 0.25) is 5.91 Å². The van der Waals surface area contributed by atoms with Crippen LogP contribution in [0.3, 0.4) is 0 Å². The molecule has 0 aromatic carbocycles. The highest BCUT2D eigenvalue weighted by molar-refractivity contribution is 5.84. The first kappa shape index (κ1) is 13.9. The van der Waals surface area contributed by atoms with Crippen molar-refractivity contribution in [1.82, 2.24) is 5.32 Å². The minimum absolute atomic E-state index is 0.0534. The highest BCUT2D eigenvalue weighted by Gasteiger charge is 2.29. The molecule has 1 atom stereocenters. The van der Waals surface area contributed by atoms with Crippen LogP contribution in [0.4, 0.5) is 0 Å². The number of hydrogen-bond acceptors (Lipinski definition) is 3. The Balaban J connectivity index is 3.89. The number of amides is 1. The summed E-state index contributed by atoms with van der Waals surface area (Å²) in [6, 6.07) is 0. The van der Waals surface area contributed by atoms with E-state index in [1.54, 1.807) is 6.92 Å². The molecule has 3 N–H and O–H groups in total. The van der Waals surface area contributed by atoms with Crippen molar-refractivity contribution in [1.29, 1.82) is 0 Å². The van der Waals surface area contributed by atoms with E-state index in [0.717, 1.165) is 0 Å². The van der Waals surface area contributed by atoms with Gasteiger partial charge in [0.1, 0.15) is 0 Å². The second-order valence-electron chi connectivity index (χ2n) is 4.35. The van der Waals surface area contributed by atoms with Gasteiger partial charge in [-0.2, -0.15) is 0 Å². The molecule has 0 fully saturated rings. The molecule has 15 heavy (non-hydrogen) atoms. The topological polar surface area (TPSA) is 86.6 Å². The molecule has 0 radical (unpaired) electrons. The van der Waals surface area contributed by atoms with E-state index >= 15 is 0 Å². The summed E-state index contributed by atoms with van der Waals surface area (Å²) in [6.07, 6.45) is -0.0423. The van der Waals surface area contributed by atoms with Crippen LogP contribution in [-0.4, -0.2) is 34.7 Å². The molecule has 1 unspecified atom stereocenters. The molecule has 0 aromatic heterocycles. The first-order chi connectivity index (χ1) is 6.75. The minimum Gasteiger partial charge on any atom is -0.481 e. The third kappa shape index (κ3) is 6.06. The maximum absolute atomic E-state index is 11.3. The molecular weight excluding hydrogens is 198 g/mol. The molecule has 0 aromatic rings. The fourth-order valence-corrected chi connectivity index (χ4v) is 0.960. The Morgan fingerprint density at radius 3 is 2.33 bits per heavy atom. The fourth-order valence-electron chi connectivity index (χ4n) is 0.960. The average molecular weight is 217 g/mol. The molecule has 0 heterocycles. The van der Waals surface area contributed by atoms with Crippen LogP contribution in [0.1, 0.15) is 33.6 Å². The molecule has 0 saturated carbocycles. The van der Waals surface area contributed by atoms with Gasteiger partial charge in [0, 0.05) is 13.0 Å². The first-order valence-electron chi connectivity index (χ1n) is 4.94. The third-order valence-electron chi connectivity index (χ3n) is 2.07. The maximum atomic E-state index is 11.3. The van der Waals surface area contributed by atoms with E-state index in [0.29, 0.717) is 13.0 Å². The minimum atomic E-state index is -1.05. The molecule has 0 saturated heterocycles. The number of carboxylic acids is 1. The summed E-state index contributed by atoms with van der Waals surface area (Å²) < 4.78 is 0. The Bertz CT molecular complexity index is 236. The Hall–Kier alpha value is -1.10. The molecule has 88 valence electrons. The summed E-state index contributed by atoms with van der Waals surface area (Å²) >= 11 is 0. The Kier molecular flexibility index (Phi) is 5.28. The molecule has 0 aliphatic heterocycles. The summed E-state index contributed by atoms with van der Waals surface area (Å²) in [6.45, 7) is 5.01. The summed E-state index contributed by atoms with van der Waals surface area (Å²) in [7, 11) is 0. The van der Waals surface area contributed by atoms with Crippen molar-refractivity contribution >= 4 is 11.9 Å². The van der Waals surface area contributed by atoms with Crippen LogP contribution in [0.15, 0.2) is 0 Å². The van der Waals surface area contributed by atoms with Gasteiger partial charge in [0.15, 0.2) is 0 Å². The standard InChI is InChI=1S/C10H19NO4/c1-7(12)4-5-11-8(13)6-10(2,3)9(14)15/h7,12H,4-6H2,1-3H3,(H,11,13)(H,14,15). The second kappa shape index (κ2) is 5.70. The van der Waals surface area contributed by atoms with Gasteiger partial charge in [-0.05, 0) is 27.2 Å². The van der Waals surface area contributed by atoms with Gasteiger partial charge < -0.3 is 15.5 Å². The monoisotopic (exact) mass is 217 g/mol. The molecule has 0 bridgehead atoms. The van der Waals surface area contributed by atoms with E-state index in [2.05, 4.69) is 5.32 Å². The maximum Gasteiger partial charge on any atom is 0.309 e. The van der Waals surface area contributed by atoms with E-state index in [1.807, 2.05) is 0 Å². The fraction of sp³-hybridized carbons (Fsp3) is 0.800. The summed E-state index contributed by atoms with van der Waals surface area (Å²) in [4.78, 5) is 22.0. The lowest BCUT2D eigenvalue weighted by Crippen LogP contribution is -2.34. The van der Waals surface area contributed by atoms with Gasteiger partial charge in [-0.3, -0.25) is 9.59 Å². The Morgan fingerprint density at radius 1 is 1.40 bits per heavy atom. The zero-order valence-electron chi connectivity index (χ0n) is 9.41. The quantitative estimate of drug-likeness (QED) is 0.600. The van der Waals surface area contributed by atoms with Crippen LogP contribution in [0.25, 0.3) is 0 Å². The molecule has 1 amide bonds. The van der Waals surface area contributed by atoms with Gasteiger partial charge >= 0.3 is 5.97 Å². The molecule has 0 aliphatic rings. The smallest absolute Gasteiger partial charge is 0.309 e. The highest BCUT2D eigenvalue weighted by Crippen LogP contribution is 2.19. The molecular formula is C10H19NO4. The molecule has 0 aliphatic carbocycles. The van der Waals surface area contributed by atoms with E-state index < -0.39 is 17.5 Å². The number of nitrogens with one attached hydrogen (secondary N) is 1. The van der Waals surface area contributed by atoms with E-state index in [1.165, 1.54) is 13.8 Å². The van der Waals surface area contributed by atoms with Crippen LogP contribution < -0.4 is 5.32 Å². The predicted octanol–water partition coefficient (Wildman–Crippen LogP) is 0.374. The molecule has 0 spiro atoms. The van der Waals surface area contributed by atoms with Gasteiger partial charge in [0.25, 0.3) is 0 Å². The summed E-state index contributed by atoms with van der Waals surface area (Å²) in [5.74, 6) is -1.30. The zero-order valence-corrected chi connectivity index (χ0v) is 9.41. The lowest BCUT2D eigenvalue weighted by atomic mass is 9.89. The zero-order chi connectivity index (χ0) is 12.1. The van der Waals surface area contributed by atoms with E-state index in [9.17, 15) is 9.59 Å². The summed E-state index contributed by atoms with van der Waals surface area (Å²) in [5, 5.41) is 20.3. The summed E-state index contributed by atoms with van der Waals surface area (Å²) in [5.41, 5.74) is -1.05. The van der Waals surface area contributed by atoms with E-state index in [4.69, 9.17) is 10.2 Å². The van der Waals surface area contributed by atoms with Gasteiger partial charge in [0.05, 0.1) is 11.5 Å². The number of aliphatic hydroxyl groups is 1. The largest absolute Gasteiger partial charge is 0.481 e. The molecule has 5 heteroatoms. The number of carbonyl (C=O) groups is 2. The number of aliphatic carboxylic acids is 1. The van der Waals surface area contributed by atoms with Crippen molar-refractivity contribution in [2.75, 3.05) is 6.54 Å². The first-order valence-corrected chi connectivity index (χ1v) is 4.94. The Morgan fingerprint density at radius 2 is 1.93 bits per heavy atom. The van der Waals surface area contributed by atoms with Crippen molar-refractivity contribution < 1.29 is 19.8 Å². The average Bonchev–Trinajstić information content (AvgIpc) is 2.01. The van der Waals surface area contributed by atoms with Crippen molar-refractivity contribution in [2.24, 2.45) is 5.41 Å². The normalized spacial score (nSPS) is 13.3. The number of carbonyl (C=O) groups excluding carboxylic acids is 1. The lowest BCUT2D eigenvalue weighted by molar-refractivity contribution is -0.149. The van der Waals surface area contributed by atoms with Crippen LogP contribution in [0, 0.1) is 5.41 Å². The number of hydrogen-bond donors (Lipinski definition) is 3. The second-order valence-corrected chi connectivity index (χ2v) is 4.35. The van der Waals surface area contributed by atoms with Gasteiger partial charge in [-0.1, -0.05) is 0 Å². The van der Waals surface area contributed by atoms with Crippen molar-refractivity contribution in [3.05, 3.63) is 0 Å². The van der Waals surface area contributed by atoms with Crippen LogP contribution >= 0.6 is 0 Å². The van der Waals surface area contributed by atoms with Gasteiger partial charge in [-0.25, -0.2) is 0 Å². The third-order valence-corrected chi connectivity index (χ3v) is 2.07. The lowest BCUT2D eigenvalue weighted by Gasteiger charge is -2.18. The van der Waals surface area contributed by atoms with Gasteiger partial charge in [-0.15, -0.1) is 0 Å². The number of rotatable bonds is 6. The van der Waals surface area contributed by atoms with Crippen LogP contribution in [0.5, 0.6) is 0 Å². The highest BCUT2D eigenvalue weighted by atomic mass is 16.4. The van der Waals surface area contributed by atoms with Crippen molar-refractivity contribution in [2.45, 2.75) is 39.7 Å². The van der Waals surface area contributed by atoms with E-state index in [-0.39, 0.29) is 12.3 Å².